The van der Waals surface area contributed by atoms with E-state index in [1.54, 1.807) is 24.5 Å². The summed E-state index contributed by atoms with van der Waals surface area (Å²) < 4.78 is 26.8. The Bertz CT molecular complexity index is 943. The molecule has 1 aromatic heterocycles. The number of carboxylic acid groups (broad SMARTS) is 1. The molecule has 0 radical (unpaired) electrons. The molecule has 0 amide bonds. The van der Waals surface area contributed by atoms with Crippen LogP contribution in [0, 0.1) is 5.82 Å². The zero-order chi connectivity index (χ0) is 21.8. The van der Waals surface area contributed by atoms with Gasteiger partial charge in [0.15, 0.2) is 5.16 Å². The summed E-state index contributed by atoms with van der Waals surface area (Å²) >= 11 is 0. The molecule has 162 valence electrons. The van der Waals surface area contributed by atoms with E-state index in [0.717, 1.165) is 11.1 Å². The van der Waals surface area contributed by atoms with Crippen molar-refractivity contribution in [3.8, 4) is 11.1 Å². The van der Waals surface area contributed by atoms with Crippen LogP contribution in [0.15, 0.2) is 42.7 Å². The Morgan fingerprint density at radius 2 is 2.13 bits per heavy atom. The zero-order valence-corrected chi connectivity index (χ0v) is 17.6. The maximum absolute atomic E-state index is 13.9. The van der Waals surface area contributed by atoms with Crippen molar-refractivity contribution in [1.29, 1.82) is 0 Å². The fraction of sp³-hybridized carbons (Fsp3) is 0.429. The van der Waals surface area contributed by atoms with Crippen molar-refractivity contribution in [2.75, 3.05) is 25.8 Å². The summed E-state index contributed by atoms with van der Waals surface area (Å²) in [5, 5.41) is 8.22. The van der Waals surface area contributed by atoms with E-state index < -0.39 is 18.5 Å². The number of halogens is 1. The van der Waals surface area contributed by atoms with Crippen molar-refractivity contribution in [1.82, 2.24) is 9.88 Å². The van der Waals surface area contributed by atoms with Crippen molar-refractivity contribution < 1.29 is 23.7 Å². The van der Waals surface area contributed by atoms with Crippen LogP contribution in [-0.4, -0.2) is 56.8 Å². The predicted octanol–water partition coefficient (Wildman–Crippen LogP) is 2.93. The first-order valence-corrected chi connectivity index (χ1v) is 11.8. The van der Waals surface area contributed by atoms with Crippen LogP contribution in [0.3, 0.4) is 0 Å². The normalized spacial score (nSPS) is 24.6. The molecule has 7 nitrogen and oxygen atoms in total. The summed E-state index contributed by atoms with van der Waals surface area (Å²) in [5.74, 6) is -1.63. The third-order valence-electron chi connectivity index (χ3n) is 5.75. The van der Waals surface area contributed by atoms with E-state index in [-0.39, 0.29) is 24.9 Å². The van der Waals surface area contributed by atoms with Gasteiger partial charge in [-0.1, -0.05) is 18.6 Å². The molecule has 2 atom stereocenters. The molecule has 1 aliphatic rings. The smallest absolute Gasteiger partial charge is 0.320 e. The molecule has 0 aliphatic carbocycles. The number of hydrogen-bond donors (Lipinski definition) is 3. The van der Waals surface area contributed by atoms with E-state index in [1.807, 2.05) is 11.0 Å². The van der Waals surface area contributed by atoms with Crippen molar-refractivity contribution in [2.45, 2.75) is 31.0 Å². The van der Waals surface area contributed by atoms with Crippen molar-refractivity contribution in [3.05, 3.63) is 54.1 Å². The Kier molecular flexibility index (Phi) is 7.03. The highest BCUT2D eigenvalue weighted by Gasteiger charge is 2.56. The van der Waals surface area contributed by atoms with Crippen molar-refractivity contribution in [2.24, 2.45) is 5.73 Å². The molecular weight excluding hydrogens is 408 g/mol. The van der Waals surface area contributed by atoms with Gasteiger partial charge in [-0.25, -0.2) is 4.39 Å². The molecule has 2 heterocycles. The number of carbonyl (C=O) groups is 1. The first-order valence-electron chi connectivity index (χ1n) is 9.96. The SMILES string of the molecule is NCCCC[C@@]1(C(=O)O)CN(Cc2ccc(F)cc2-c2cccnc2)CCP1(=O)O. The van der Waals surface area contributed by atoms with Crippen LogP contribution in [0.2, 0.25) is 0 Å². The van der Waals surface area contributed by atoms with Gasteiger partial charge in [0, 0.05) is 43.8 Å². The van der Waals surface area contributed by atoms with Gasteiger partial charge in [-0.3, -0.25) is 19.2 Å². The summed E-state index contributed by atoms with van der Waals surface area (Å²) in [5.41, 5.74) is 7.75. The van der Waals surface area contributed by atoms with Crippen LogP contribution in [0.1, 0.15) is 24.8 Å². The second-order valence-electron chi connectivity index (χ2n) is 7.76. The van der Waals surface area contributed by atoms with Crippen LogP contribution in [0.4, 0.5) is 4.39 Å². The number of unbranched alkanes of at least 4 members (excludes halogenated alkanes) is 1. The van der Waals surface area contributed by atoms with Gasteiger partial charge in [-0.05, 0) is 48.7 Å². The Labute approximate surface area is 175 Å². The summed E-state index contributed by atoms with van der Waals surface area (Å²) in [6.07, 6.45) is 4.35. The second-order valence-corrected chi connectivity index (χ2v) is 10.5. The number of pyridine rings is 1. The minimum absolute atomic E-state index is 0.0372. The zero-order valence-electron chi connectivity index (χ0n) is 16.7. The Hall–Kier alpha value is -2.12. The van der Waals surface area contributed by atoms with Gasteiger partial charge in [0.2, 0.25) is 7.37 Å². The molecule has 0 spiro atoms. The lowest BCUT2D eigenvalue weighted by Crippen LogP contribution is -2.53. The van der Waals surface area contributed by atoms with E-state index in [4.69, 9.17) is 5.73 Å². The van der Waals surface area contributed by atoms with Gasteiger partial charge in [-0.15, -0.1) is 0 Å². The van der Waals surface area contributed by atoms with Crippen LogP contribution in [-0.2, 0) is 15.9 Å². The van der Waals surface area contributed by atoms with E-state index in [9.17, 15) is 23.7 Å². The summed E-state index contributed by atoms with van der Waals surface area (Å²) in [4.78, 5) is 28.7. The molecule has 1 saturated heterocycles. The van der Waals surface area contributed by atoms with Crippen LogP contribution in [0.25, 0.3) is 11.1 Å². The Morgan fingerprint density at radius 1 is 1.33 bits per heavy atom. The monoisotopic (exact) mass is 435 g/mol. The fourth-order valence-electron chi connectivity index (χ4n) is 4.04. The summed E-state index contributed by atoms with van der Waals surface area (Å²) in [7, 11) is -3.90. The summed E-state index contributed by atoms with van der Waals surface area (Å²) in [6, 6.07) is 8.06. The molecule has 30 heavy (non-hydrogen) atoms. The van der Waals surface area contributed by atoms with Crippen molar-refractivity contribution >= 4 is 13.3 Å². The topological polar surface area (TPSA) is 117 Å². The Morgan fingerprint density at radius 3 is 2.80 bits per heavy atom. The molecule has 4 N–H and O–H groups in total. The number of aromatic nitrogens is 1. The molecule has 1 fully saturated rings. The molecule has 1 aliphatic heterocycles. The molecule has 2 aromatic rings. The second kappa shape index (κ2) is 9.35. The third-order valence-corrected chi connectivity index (χ3v) is 8.45. The molecular formula is C21H27FN3O4P. The predicted molar refractivity (Wildman–Crippen MR) is 113 cm³/mol. The molecule has 1 aromatic carbocycles. The molecule has 0 bridgehead atoms. The molecule has 9 heteroatoms. The van der Waals surface area contributed by atoms with E-state index in [1.165, 1.54) is 12.1 Å². The highest BCUT2D eigenvalue weighted by molar-refractivity contribution is 7.61. The Balaban J connectivity index is 1.89. The van der Waals surface area contributed by atoms with Gasteiger partial charge in [0.1, 0.15) is 5.82 Å². The molecule has 1 unspecified atom stereocenters. The van der Waals surface area contributed by atoms with E-state index >= 15 is 0 Å². The highest BCUT2D eigenvalue weighted by atomic mass is 31.2. The lowest BCUT2D eigenvalue weighted by molar-refractivity contribution is -0.141. The average Bonchev–Trinajstić information content (AvgIpc) is 2.72. The van der Waals surface area contributed by atoms with E-state index in [0.29, 0.717) is 38.0 Å². The van der Waals surface area contributed by atoms with E-state index in [2.05, 4.69) is 4.98 Å². The lowest BCUT2D eigenvalue weighted by atomic mass is 9.97. The van der Waals surface area contributed by atoms with Crippen LogP contribution >= 0.6 is 7.37 Å². The third kappa shape index (κ3) is 4.62. The first-order chi connectivity index (χ1) is 14.3. The number of carboxylic acids is 1. The standard InChI is InChI=1S/C21H27FN3O4P/c22-18-6-5-17(19(12-18)16-4-3-9-24-13-16)14-25-10-11-30(28,29)21(15-25,20(26)27)7-1-2-8-23/h3-6,9,12-13H,1-2,7-8,10-11,14-15,23H2,(H,26,27)(H,28,29)/t21-/m0/s1. The number of benzene rings is 1. The van der Waals surface area contributed by atoms with Gasteiger partial charge in [-0.2, -0.15) is 0 Å². The first kappa shape index (κ1) is 22.6. The lowest BCUT2D eigenvalue weighted by Gasteiger charge is -2.43. The van der Waals surface area contributed by atoms with Crippen LogP contribution < -0.4 is 5.73 Å². The van der Waals surface area contributed by atoms with Crippen molar-refractivity contribution in [3.63, 3.8) is 0 Å². The minimum atomic E-state index is -3.90. The number of nitrogens with two attached hydrogens (primary N) is 1. The largest absolute Gasteiger partial charge is 0.480 e. The van der Waals surface area contributed by atoms with Crippen LogP contribution in [0.5, 0.6) is 0 Å². The average molecular weight is 435 g/mol. The quantitative estimate of drug-likeness (QED) is 0.431. The van der Waals surface area contributed by atoms with Gasteiger partial charge < -0.3 is 15.7 Å². The molecule has 0 saturated carbocycles. The van der Waals surface area contributed by atoms with Gasteiger partial charge >= 0.3 is 5.97 Å². The summed E-state index contributed by atoms with van der Waals surface area (Å²) in [6.45, 7) is 1.00. The maximum atomic E-state index is 13.9. The number of aliphatic carboxylic acids is 1. The number of nitrogens with zero attached hydrogens (tertiary/aromatic N) is 2. The number of hydrogen-bond acceptors (Lipinski definition) is 5. The minimum Gasteiger partial charge on any atom is -0.480 e. The highest BCUT2D eigenvalue weighted by Crippen LogP contribution is 2.59. The fourth-order valence-corrected chi connectivity index (χ4v) is 6.25. The van der Waals surface area contributed by atoms with Gasteiger partial charge in [0.25, 0.3) is 0 Å². The maximum Gasteiger partial charge on any atom is 0.320 e. The molecule has 3 rings (SSSR count). The number of rotatable bonds is 8. The van der Waals surface area contributed by atoms with Gasteiger partial charge in [0.05, 0.1) is 0 Å².